The van der Waals surface area contributed by atoms with Crippen molar-refractivity contribution in [2.45, 2.75) is 13.3 Å². The molecule has 1 aliphatic heterocycles. The van der Waals surface area contributed by atoms with Crippen LogP contribution < -0.4 is 4.74 Å². The number of hydrogen-bond donors (Lipinski definition) is 0. The molecule has 0 saturated carbocycles. The number of carbonyl (C=O) groups is 3. The third kappa shape index (κ3) is 5.29. The summed E-state index contributed by atoms with van der Waals surface area (Å²) in [5.41, 5.74) is 2.54. The molecule has 0 aliphatic carbocycles. The molecule has 5 aromatic heterocycles. The summed E-state index contributed by atoms with van der Waals surface area (Å²) in [5.74, 6) is -0.427. The zero-order valence-electron chi connectivity index (χ0n) is 24.3. The molecule has 0 saturated heterocycles. The molecule has 0 fully saturated rings. The predicted octanol–water partition coefficient (Wildman–Crippen LogP) is 4.86. The van der Waals surface area contributed by atoms with E-state index in [1.165, 1.54) is 30.8 Å². The molecular formula is C31H22N6O9. The van der Waals surface area contributed by atoms with Crippen molar-refractivity contribution < 1.29 is 41.5 Å². The average Bonchev–Trinajstić information content (AvgIpc) is 3.91. The van der Waals surface area contributed by atoms with Gasteiger partial charge in [0.15, 0.2) is 17.1 Å². The number of methoxy groups -OCH3 is 1. The summed E-state index contributed by atoms with van der Waals surface area (Å²) in [6.45, 7) is 2.12. The van der Waals surface area contributed by atoms with Crippen LogP contribution in [0.15, 0.2) is 79.1 Å². The summed E-state index contributed by atoms with van der Waals surface area (Å²) < 4.78 is 32.8. The number of oxazole rings is 4. The number of carbonyl (C=O) groups excluding carboxylic acids is 3. The van der Waals surface area contributed by atoms with Gasteiger partial charge in [-0.1, -0.05) is 12.1 Å². The molecule has 230 valence electrons. The van der Waals surface area contributed by atoms with Crippen LogP contribution in [0.1, 0.15) is 43.3 Å². The SMILES string of the molecule is COC(=O)c1coc(-c2coc(-c3cc(OCCCN4C(=O)c5ccccc5C4=O)cc(-c4nc(-c5nc(C)co5)co4)n3)n2)n1. The van der Waals surface area contributed by atoms with Crippen molar-refractivity contribution in [3.63, 3.8) is 0 Å². The van der Waals surface area contributed by atoms with E-state index in [0.717, 1.165) is 6.26 Å². The zero-order chi connectivity index (χ0) is 31.8. The number of amides is 2. The van der Waals surface area contributed by atoms with Gasteiger partial charge >= 0.3 is 5.97 Å². The molecule has 15 heteroatoms. The first-order valence-corrected chi connectivity index (χ1v) is 13.9. The number of fused-ring (bicyclic) bond motifs is 1. The predicted molar refractivity (Wildman–Crippen MR) is 154 cm³/mol. The molecule has 6 heterocycles. The summed E-state index contributed by atoms with van der Waals surface area (Å²) >= 11 is 0. The Morgan fingerprint density at radius 2 is 1.30 bits per heavy atom. The molecule has 0 bridgehead atoms. The highest BCUT2D eigenvalue weighted by atomic mass is 16.5. The van der Waals surface area contributed by atoms with Crippen LogP contribution in [0.2, 0.25) is 0 Å². The van der Waals surface area contributed by atoms with Gasteiger partial charge in [-0.2, -0.15) is 0 Å². The first kappa shape index (κ1) is 28.4. The van der Waals surface area contributed by atoms with E-state index in [9.17, 15) is 14.4 Å². The zero-order valence-corrected chi connectivity index (χ0v) is 24.3. The van der Waals surface area contributed by atoms with Crippen molar-refractivity contribution in [3.05, 3.63) is 84.0 Å². The number of nitrogens with zero attached hydrogens (tertiary/aromatic N) is 6. The third-order valence-electron chi connectivity index (χ3n) is 6.87. The van der Waals surface area contributed by atoms with E-state index < -0.39 is 5.97 Å². The maximum Gasteiger partial charge on any atom is 0.360 e. The lowest BCUT2D eigenvalue weighted by atomic mass is 10.1. The maximum absolute atomic E-state index is 12.7. The topological polar surface area (TPSA) is 190 Å². The first-order valence-electron chi connectivity index (χ1n) is 13.9. The second-order valence-corrected chi connectivity index (χ2v) is 9.98. The van der Waals surface area contributed by atoms with Gasteiger partial charge in [0, 0.05) is 18.7 Å². The summed E-state index contributed by atoms with van der Waals surface area (Å²) in [5, 5.41) is 0. The number of imide groups is 1. The third-order valence-corrected chi connectivity index (χ3v) is 6.87. The van der Waals surface area contributed by atoms with Crippen LogP contribution in [-0.4, -0.2) is 67.9 Å². The molecule has 0 radical (unpaired) electrons. The van der Waals surface area contributed by atoms with Gasteiger partial charge in [0.1, 0.15) is 42.2 Å². The number of pyridine rings is 1. The number of rotatable bonds is 10. The monoisotopic (exact) mass is 622 g/mol. The van der Waals surface area contributed by atoms with E-state index >= 15 is 0 Å². The Balaban J connectivity index is 1.13. The van der Waals surface area contributed by atoms with Gasteiger partial charge in [0.25, 0.3) is 11.8 Å². The van der Waals surface area contributed by atoms with Crippen molar-refractivity contribution >= 4 is 17.8 Å². The Bertz CT molecular complexity index is 2070. The quantitative estimate of drug-likeness (QED) is 0.114. The molecule has 1 aromatic carbocycles. The molecule has 2 amide bonds. The highest BCUT2D eigenvalue weighted by molar-refractivity contribution is 6.21. The van der Waals surface area contributed by atoms with Crippen molar-refractivity contribution in [2.24, 2.45) is 0 Å². The number of esters is 1. The minimum atomic E-state index is -0.664. The second kappa shape index (κ2) is 11.6. The van der Waals surface area contributed by atoms with Gasteiger partial charge in [0.05, 0.1) is 30.5 Å². The lowest BCUT2D eigenvalue weighted by Gasteiger charge is -2.14. The normalized spacial score (nSPS) is 12.5. The van der Waals surface area contributed by atoms with Gasteiger partial charge in [-0.25, -0.2) is 29.7 Å². The van der Waals surface area contributed by atoms with Gasteiger partial charge in [-0.05, 0) is 25.5 Å². The molecule has 0 spiro atoms. The molecule has 46 heavy (non-hydrogen) atoms. The van der Waals surface area contributed by atoms with Crippen LogP contribution >= 0.6 is 0 Å². The van der Waals surface area contributed by atoms with Gasteiger partial charge < -0.3 is 27.1 Å². The van der Waals surface area contributed by atoms with E-state index in [1.54, 1.807) is 43.3 Å². The van der Waals surface area contributed by atoms with Crippen LogP contribution in [0.25, 0.3) is 46.3 Å². The number of hydrogen-bond acceptors (Lipinski definition) is 14. The van der Waals surface area contributed by atoms with E-state index in [-0.39, 0.29) is 71.3 Å². The largest absolute Gasteiger partial charge is 0.493 e. The van der Waals surface area contributed by atoms with E-state index in [2.05, 4.69) is 29.7 Å². The molecule has 15 nitrogen and oxygen atoms in total. The van der Waals surface area contributed by atoms with Crippen LogP contribution in [0.5, 0.6) is 5.75 Å². The second-order valence-electron chi connectivity index (χ2n) is 9.98. The Morgan fingerprint density at radius 3 is 1.89 bits per heavy atom. The lowest BCUT2D eigenvalue weighted by Crippen LogP contribution is -2.31. The van der Waals surface area contributed by atoms with E-state index in [0.29, 0.717) is 34.7 Å². The number of ether oxygens (including phenoxy) is 2. The summed E-state index contributed by atoms with van der Waals surface area (Å²) in [4.78, 5) is 60.2. The summed E-state index contributed by atoms with van der Waals surface area (Å²) in [6.07, 6.45) is 5.70. The van der Waals surface area contributed by atoms with Crippen LogP contribution in [0.3, 0.4) is 0 Å². The Labute approximate surface area is 258 Å². The smallest absolute Gasteiger partial charge is 0.360 e. The molecule has 1 aliphatic rings. The standard InChI is InChI=1S/C31H22N6O9/c1-16-12-43-27(32-16)22-13-44-25(34-22)20-10-17(42-9-5-8-37-29(38)18-6-3-4-7-19(18)30(37)39)11-21(33-20)26-35-23(14-45-26)28-36-24(15-46-28)31(40)41-2/h3-4,6-7,10-15H,5,8-9H2,1-2H3. The van der Waals surface area contributed by atoms with Gasteiger partial charge in [-0.3, -0.25) is 14.5 Å². The van der Waals surface area contributed by atoms with Crippen molar-refractivity contribution in [1.29, 1.82) is 0 Å². The fourth-order valence-corrected chi connectivity index (χ4v) is 4.70. The van der Waals surface area contributed by atoms with Gasteiger partial charge in [-0.15, -0.1) is 0 Å². The molecule has 0 unspecified atom stereocenters. The number of aryl methyl sites for hydroxylation is 1. The van der Waals surface area contributed by atoms with Crippen LogP contribution in [0, 0.1) is 6.92 Å². The Morgan fingerprint density at radius 1 is 0.739 bits per heavy atom. The van der Waals surface area contributed by atoms with E-state index in [4.69, 9.17) is 22.4 Å². The molecule has 6 aromatic rings. The van der Waals surface area contributed by atoms with Crippen LogP contribution in [-0.2, 0) is 4.74 Å². The molecular weight excluding hydrogens is 600 g/mol. The minimum Gasteiger partial charge on any atom is -0.493 e. The Hall–Kier alpha value is -6.38. The highest BCUT2D eigenvalue weighted by Gasteiger charge is 2.34. The molecule has 0 atom stereocenters. The highest BCUT2D eigenvalue weighted by Crippen LogP contribution is 2.31. The van der Waals surface area contributed by atoms with Gasteiger partial charge in [0.2, 0.25) is 23.6 Å². The molecule has 0 N–H and O–H groups in total. The van der Waals surface area contributed by atoms with Crippen LogP contribution in [0.4, 0.5) is 0 Å². The minimum absolute atomic E-state index is 0.0278. The number of aromatic nitrogens is 5. The van der Waals surface area contributed by atoms with Crippen molar-refractivity contribution in [2.75, 3.05) is 20.3 Å². The Kier molecular flexibility index (Phi) is 7.17. The maximum atomic E-state index is 12.7. The lowest BCUT2D eigenvalue weighted by molar-refractivity contribution is 0.0591. The average molecular weight is 623 g/mol. The van der Waals surface area contributed by atoms with E-state index in [1.807, 2.05) is 0 Å². The molecule has 7 rings (SSSR count). The van der Waals surface area contributed by atoms with Crippen molar-refractivity contribution in [3.8, 4) is 52.1 Å². The fourth-order valence-electron chi connectivity index (χ4n) is 4.70. The number of benzene rings is 1. The first-order chi connectivity index (χ1) is 22.4. The summed E-state index contributed by atoms with van der Waals surface area (Å²) in [6, 6.07) is 9.93. The fraction of sp³-hybridized carbons (Fsp3) is 0.161. The summed E-state index contributed by atoms with van der Waals surface area (Å²) in [7, 11) is 1.23. The van der Waals surface area contributed by atoms with Crippen molar-refractivity contribution in [1.82, 2.24) is 29.8 Å².